The summed E-state index contributed by atoms with van der Waals surface area (Å²) in [4.78, 5) is 21.4. The fourth-order valence-electron chi connectivity index (χ4n) is 3.73. The minimum Gasteiger partial charge on any atom is -0.439 e. The van der Waals surface area contributed by atoms with Gasteiger partial charge in [-0.15, -0.1) is 0 Å². The lowest BCUT2D eigenvalue weighted by atomic mass is 10.1. The van der Waals surface area contributed by atoms with Crippen LogP contribution in [0.15, 0.2) is 60.8 Å². The Morgan fingerprint density at radius 1 is 0.933 bits per heavy atom. The molecule has 1 saturated carbocycles. The van der Waals surface area contributed by atoms with Crippen molar-refractivity contribution in [3.8, 4) is 23.0 Å². The predicted octanol–water partition coefficient (Wildman–Crippen LogP) is 5.70. The summed E-state index contributed by atoms with van der Waals surface area (Å²) in [6, 6.07) is 17.3. The molecule has 1 N–H and O–H groups in total. The average molecular weight is 402 g/mol. The Bertz CT molecular complexity index is 976. The molecule has 5 nitrogen and oxygen atoms in total. The van der Waals surface area contributed by atoms with Gasteiger partial charge in [-0.1, -0.05) is 55.5 Å². The maximum absolute atomic E-state index is 12.5. The molecule has 0 aliphatic heterocycles. The SMILES string of the molecule is Cc1ccc(-c2nccc(Oc3ccc(C(=O)NC4CCCCCC4)cc3)n2)cc1. The molecule has 0 spiro atoms. The normalized spacial score (nSPS) is 14.7. The topological polar surface area (TPSA) is 64.1 Å². The summed E-state index contributed by atoms with van der Waals surface area (Å²) in [5.74, 6) is 1.70. The smallest absolute Gasteiger partial charge is 0.251 e. The van der Waals surface area contributed by atoms with Crippen molar-refractivity contribution in [1.82, 2.24) is 15.3 Å². The van der Waals surface area contributed by atoms with Crippen molar-refractivity contribution in [3.05, 3.63) is 71.9 Å². The van der Waals surface area contributed by atoms with Crippen LogP contribution >= 0.6 is 0 Å². The Hall–Kier alpha value is -3.21. The summed E-state index contributed by atoms with van der Waals surface area (Å²) >= 11 is 0. The number of hydrogen-bond donors (Lipinski definition) is 1. The molecule has 1 fully saturated rings. The average Bonchev–Trinajstić information content (AvgIpc) is 3.04. The van der Waals surface area contributed by atoms with Crippen LogP contribution in [0.1, 0.15) is 54.4 Å². The fourth-order valence-corrected chi connectivity index (χ4v) is 3.73. The molecule has 1 amide bonds. The summed E-state index contributed by atoms with van der Waals surface area (Å²) < 4.78 is 5.88. The van der Waals surface area contributed by atoms with Gasteiger partial charge >= 0.3 is 0 Å². The van der Waals surface area contributed by atoms with Gasteiger partial charge in [-0.2, -0.15) is 4.98 Å². The van der Waals surface area contributed by atoms with E-state index in [1.807, 2.05) is 31.2 Å². The van der Waals surface area contributed by atoms with E-state index in [4.69, 9.17) is 4.74 Å². The summed E-state index contributed by atoms with van der Waals surface area (Å²) in [7, 11) is 0. The highest BCUT2D eigenvalue weighted by molar-refractivity contribution is 5.94. The number of carbonyl (C=O) groups is 1. The van der Waals surface area contributed by atoms with Gasteiger partial charge in [0.15, 0.2) is 5.82 Å². The zero-order valence-electron chi connectivity index (χ0n) is 17.3. The number of benzene rings is 2. The van der Waals surface area contributed by atoms with E-state index in [0.717, 1.165) is 18.4 Å². The maximum Gasteiger partial charge on any atom is 0.251 e. The van der Waals surface area contributed by atoms with Gasteiger partial charge in [-0.3, -0.25) is 4.79 Å². The first-order chi connectivity index (χ1) is 14.7. The molecular formula is C25H27N3O2. The Morgan fingerprint density at radius 2 is 1.63 bits per heavy atom. The summed E-state index contributed by atoms with van der Waals surface area (Å²) in [6.45, 7) is 2.05. The molecule has 154 valence electrons. The van der Waals surface area contributed by atoms with E-state index in [1.165, 1.54) is 31.2 Å². The lowest BCUT2D eigenvalue weighted by molar-refractivity contribution is 0.0933. The molecule has 1 aromatic heterocycles. The van der Waals surface area contributed by atoms with Crippen LogP contribution in [0.2, 0.25) is 0 Å². The number of carbonyl (C=O) groups excluding carboxylic acids is 1. The maximum atomic E-state index is 12.5. The van der Waals surface area contributed by atoms with Gasteiger partial charge in [0.25, 0.3) is 5.91 Å². The zero-order chi connectivity index (χ0) is 20.8. The second kappa shape index (κ2) is 9.53. The summed E-state index contributed by atoms with van der Waals surface area (Å²) in [6.07, 6.45) is 8.77. The van der Waals surface area contributed by atoms with Crippen LogP contribution < -0.4 is 10.1 Å². The number of amides is 1. The Kier molecular flexibility index (Phi) is 6.38. The van der Waals surface area contributed by atoms with Crippen LogP contribution in [0, 0.1) is 6.92 Å². The Morgan fingerprint density at radius 3 is 2.33 bits per heavy atom. The lowest BCUT2D eigenvalue weighted by Crippen LogP contribution is -2.34. The van der Waals surface area contributed by atoms with Crippen LogP contribution in [0.25, 0.3) is 11.4 Å². The number of aromatic nitrogens is 2. The third-order valence-electron chi connectivity index (χ3n) is 5.47. The van der Waals surface area contributed by atoms with Gasteiger partial charge in [-0.25, -0.2) is 4.98 Å². The quantitative estimate of drug-likeness (QED) is 0.557. The number of hydrogen-bond acceptors (Lipinski definition) is 4. The molecule has 5 heteroatoms. The van der Waals surface area contributed by atoms with Crippen molar-refractivity contribution < 1.29 is 9.53 Å². The van der Waals surface area contributed by atoms with Gasteiger partial charge in [0.2, 0.25) is 5.88 Å². The number of nitrogens with zero attached hydrogens (tertiary/aromatic N) is 2. The molecule has 0 bridgehead atoms. The Balaban J connectivity index is 1.40. The zero-order valence-corrected chi connectivity index (χ0v) is 17.3. The monoisotopic (exact) mass is 401 g/mol. The Labute approximate surface area is 177 Å². The van der Waals surface area contributed by atoms with E-state index in [-0.39, 0.29) is 11.9 Å². The number of aryl methyl sites for hydroxylation is 1. The van der Waals surface area contributed by atoms with Gasteiger partial charge < -0.3 is 10.1 Å². The lowest BCUT2D eigenvalue weighted by Gasteiger charge is -2.16. The molecule has 3 aromatic rings. The number of nitrogens with one attached hydrogen (secondary N) is 1. The van der Waals surface area contributed by atoms with Crippen molar-refractivity contribution in [2.75, 3.05) is 0 Å². The molecule has 2 aromatic carbocycles. The first-order valence-electron chi connectivity index (χ1n) is 10.7. The highest BCUT2D eigenvalue weighted by Crippen LogP contribution is 2.23. The highest BCUT2D eigenvalue weighted by atomic mass is 16.5. The first kappa shape index (κ1) is 20.1. The fraction of sp³-hybridized carbons (Fsp3) is 0.320. The molecule has 1 aliphatic rings. The van der Waals surface area contributed by atoms with Crippen molar-refractivity contribution in [2.24, 2.45) is 0 Å². The van der Waals surface area contributed by atoms with Gasteiger partial charge in [0.05, 0.1) is 0 Å². The van der Waals surface area contributed by atoms with E-state index >= 15 is 0 Å². The first-order valence-corrected chi connectivity index (χ1v) is 10.7. The van der Waals surface area contributed by atoms with Crippen LogP contribution in [0.3, 0.4) is 0 Å². The molecule has 0 unspecified atom stereocenters. The largest absolute Gasteiger partial charge is 0.439 e. The van der Waals surface area contributed by atoms with Gasteiger partial charge in [-0.05, 0) is 44.0 Å². The molecule has 0 saturated heterocycles. The van der Waals surface area contributed by atoms with Crippen LogP contribution in [-0.2, 0) is 0 Å². The molecule has 0 atom stereocenters. The van der Waals surface area contributed by atoms with Crippen molar-refractivity contribution in [1.29, 1.82) is 0 Å². The molecule has 0 radical (unpaired) electrons. The second-order valence-electron chi connectivity index (χ2n) is 7.87. The van der Waals surface area contributed by atoms with Crippen molar-refractivity contribution in [3.63, 3.8) is 0 Å². The van der Waals surface area contributed by atoms with Crippen LogP contribution in [0.4, 0.5) is 0 Å². The van der Waals surface area contributed by atoms with Crippen molar-refractivity contribution >= 4 is 5.91 Å². The minimum absolute atomic E-state index is 0.0165. The highest BCUT2D eigenvalue weighted by Gasteiger charge is 2.16. The third kappa shape index (κ3) is 5.23. The van der Waals surface area contributed by atoms with Gasteiger partial charge in [0.1, 0.15) is 5.75 Å². The van der Waals surface area contributed by atoms with Gasteiger partial charge in [0, 0.05) is 29.4 Å². The van der Waals surface area contributed by atoms with Crippen molar-refractivity contribution in [2.45, 2.75) is 51.5 Å². The van der Waals surface area contributed by atoms with E-state index in [1.54, 1.807) is 36.5 Å². The van der Waals surface area contributed by atoms with Crippen LogP contribution in [0.5, 0.6) is 11.6 Å². The minimum atomic E-state index is -0.0165. The molecule has 30 heavy (non-hydrogen) atoms. The molecule has 1 aliphatic carbocycles. The number of rotatable bonds is 5. The molecule has 4 rings (SSSR count). The second-order valence-corrected chi connectivity index (χ2v) is 7.87. The molecule has 1 heterocycles. The van der Waals surface area contributed by atoms with E-state index < -0.39 is 0 Å². The summed E-state index contributed by atoms with van der Waals surface area (Å²) in [5.41, 5.74) is 2.78. The standard InChI is InChI=1S/C25H27N3O2/c1-18-8-10-19(11-9-18)24-26-17-16-23(28-24)30-22-14-12-20(13-15-22)25(29)27-21-6-4-2-3-5-7-21/h8-17,21H,2-7H2,1H3,(H,27,29). The third-order valence-corrected chi connectivity index (χ3v) is 5.47. The molecular weight excluding hydrogens is 374 g/mol. The van der Waals surface area contributed by atoms with Crippen LogP contribution in [-0.4, -0.2) is 21.9 Å². The van der Waals surface area contributed by atoms with E-state index in [0.29, 0.717) is 23.0 Å². The van der Waals surface area contributed by atoms with E-state index in [9.17, 15) is 4.79 Å². The summed E-state index contributed by atoms with van der Waals surface area (Å²) in [5, 5.41) is 3.17. The van der Waals surface area contributed by atoms with E-state index in [2.05, 4.69) is 15.3 Å². The predicted molar refractivity (Wildman–Crippen MR) is 118 cm³/mol. The number of ether oxygens (including phenoxy) is 1.